The van der Waals surface area contributed by atoms with E-state index in [-0.39, 0.29) is 0 Å². The number of nitrogens with one attached hydrogen (secondary N) is 1. The second kappa shape index (κ2) is 4.70. The number of nitrogens with zero attached hydrogens (tertiary/aromatic N) is 4. The maximum Gasteiger partial charge on any atom is 0.133 e. The summed E-state index contributed by atoms with van der Waals surface area (Å²) in [4.78, 5) is 15.1. The van der Waals surface area contributed by atoms with E-state index in [1.54, 1.807) is 6.33 Å². The van der Waals surface area contributed by atoms with Gasteiger partial charge in [-0.1, -0.05) is 6.07 Å². The van der Waals surface area contributed by atoms with Gasteiger partial charge in [0.1, 0.15) is 12.1 Å². The maximum atomic E-state index is 4.50. The zero-order chi connectivity index (χ0) is 12.4. The first-order chi connectivity index (χ1) is 8.88. The molecule has 0 spiro atoms. The molecular formula is C13H15N5. The van der Waals surface area contributed by atoms with Gasteiger partial charge in [0, 0.05) is 36.6 Å². The molecular weight excluding hydrogens is 226 g/mol. The summed E-state index contributed by atoms with van der Waals surface area (Å²) in [5.41, 5.74) is 3.50. The van der Waals surface area contributed by atoms with Crippen LogP contribution in [-0.2, 0) is 19.6 Å². The Hall–Kier alpha value is -2.01. The van der Waals surface area contributed by atoms with E-state index in [9.17, 15) is 0 Å². The van der Waals surface area contributed by atoms with Crippen molar-refractivity contribution in [2.75, 3.05) is 11.9 Å². The van der Waals surface area contributed by atoms with Crippen molar-refractivity contribution < 1.29 is 0 Å². The molecule has 0 atom stereocenters. The van der Waals surface area contributed by atoms with E-state index in [1.807, 2.05) is 25.5 Å². The first-order valence-electron chi connectivity index (χ1n) is 5.99. The van der Waals surface area contributed by atoms with E-state index in [1.165, 1.54) is 11.1 Å². The minimum absolute atomic E-state index is 0.811. The first-order valence-corrected chi connectivity index (χ1v) is 5.99. The highest BCUT2D eigenvalue weighted by atomic mass is 15.2. The van der Waals surface area contributed by atoms with Gasteiger partial charge in [0.2, 0.25) is 0 Å². The predicted molar refractivity (Wildman–Crippen MR) is 68.9 cm³/mol. The van der Waals surface area contributed by atoms with Crippen molar-refractivity contribution in [3.8, 4) is 0 Å². The molecule has 0 bridgehead atoms. The SMILES string of the molecule is CNCc1cccnc1N1Cc2cncnc2C1. The number of pyridine rings is 1. The van der Waals surface area contributed by atoms with Crippen LogP contribution >= 0.6 is 0 Å². The van der Waals surface area contributed by atoms with Crippen molar-refractivity contribution in [3.05, 3.63) is 47.7 Å². The van der Waals surface area contributed by atoms with E-state index < -0.39 is 0 Å². The highest BCUT2D eigenvalue weighted by Crippen LogP contribution is 2.27. The monoisotopic (exact) mass is 241 g/mol. The van der Waals surface area contributed by atoms with Crippen LogP contribution in [-0.4, -0.2) is 22.0 Å². The molecule has 5 nitrogen and oxygen atoms in total. The third-order valence-electron chi connectivity index (χ3n) is 3.12. The van der Waals surface area contributed by atoms with Crippen LogP contribution in [0, 0.1) is 0 Å². The largest absolute Gasteiger partial charge is 0.346 e. The molecule has 0 aliphatic carbocycles. The lowest BCUT2D eigenvalue weighted by atomic mass is 10.2. The zero-order valence-corrected chi connectivity index (χ0v) is 10.3. The lowest BCUT2D eigenvalue weighted by molar-refractivity contribution is 0.782. The van der Waals surface area contributed by atoms with Crippen molar-refractivity contribution in [3.63, 3.8) is 0 Å². The van der Waals surface area contributed by atoms with Crippen molar-refractivity contribution >= 4 is 5.82 Å². The summed E-state index contributed by atoms with van der Waals surface area (Å²) in [7, 11) is 1.95. The van der Waals surface area contributed by atoms with E-state index in [0.29, 0.717) is 0 Å². The van der Waals surface area contributed by atoms with Gasteiger partial charge < -0.3 is 10.2 Å². The van der Waals surface area contributed by atoms with Crippen LogP contribution in [0.25, 0.3) is 0 Å². The third kappa shape index (κ3) is 1.93. The Balaban J connectivity index is 1.90. The normalized spacial score (nSPS) is 13.7. The first kappa shape index (κ1) is 11.1. The average molecular weight is 241 g/mol. The molecule has 1 aliphatic heterocycles. The van der Waals surface area contributed by atoms with Crippen LogP contribution in [0.1, 0.15) is 16.8 Å². The van der Waals surface area contributed by atoms with Gasteiger partial charge in [-0.3, -0.25) is 0 Å². The highest BCUT2D eigenvalue weighted by molar-refractivity contribution is 5.50. The fraction of sp³-hybridized carbons (Fsp3) is 0.308. The molecule has 3 heterocycles. The summed E-state index contributed by atoms with van der Waals surface area (Å²) in [5, 5.41) is 3.17. The summed E-state index contributed by atoms with van der Waals surface area (Å²) in [6.45, 7) is 2.47. The number of rotatable bonds is 3. The minimum Gasteiger partial charge on any atom is -0.346 e. The molecule has 92 valence electrons. The average Bonchev–Trinajstić information content (AvgIpc) is 2.83. The molecule has 18 heavy (non-hydrogen) atoms. The van der Waals surface area contributed by atoms with E-state index in [4.69, 9.17) is 0 Å². The Bertz CT molecular complexity index is 530. The van der Waals surface area contributed by atoms with Crippen molar-refractivity contribution in [2.24, 2.45) is 0 Å². The Morgan fingerprint density at radius 1 is 1.33 bits per heavy atom. The van der Waals surface area contributed by atoms with Crippen LogP contribution in [0.4, 0.5) is 5.82 Å². The number of hydrogen-bond acceptors (Lipinski definition) is 5. The summed E-state index contributed by atoms with van der Waals surface area (Å²) >= 11 is 0. The second-order valence-electron chi connectivity index (χ2n) is 4.37. The molecule has 1 aliphatic rings. The van der Waals surface area contributed by atoms with Crippen molar-refractivity contribution in [1.29, 1.82) is 0 Å². The molecule has 2 aromatic rings. The topological polar surface area (TPSA) is 53.9 Å². The minimum atomic E-state index is 0.811. The van der Waals surface area contributed by atoms with Crippen LogP contribution in [0.5, 0.6) is 0 Å². The summed E-state index contributed by atoms with van der Waals surface area (Å²) in [5.74, 6) is 1.03. The Labute approximate surface area is 106 Å². The number of hydrogen-bond donors (Lipinski definition) is 1. The van der Waals surface area contributed by atoms with Gasteiger partial charge in [-0.15, -0.1) is 0 Å². The molecule has 0 fully saturated rings. The maximum absolute atomic E-state index is 4.50. The van der Waals surface area contributed by atoms with Crippen LogP contribution in [0.2, 0.25) is 0 Å². The van der Waals surface area contributed by atoms with Gasteiger partial charge in [-0.05, 0) is 13.1 Å². The zero-order valence-electron chi connectivity index (χ0n) is 10.3. The smallest absolute Gasteiger partial charge is 0.133 e. The molecule has 1 N–H and O–H groups in total. The van der Waals surface area contributed by atoms with E-state index in [0.717, 1.165) is 31.1 Å². The molecule has 0 saturated heterocycles. The Morgan fingerprint density at radius 3 is 3.11 bits per heavy atom. The molecule has 3 rings (SSSR count). The van der Waals surface area contributed by atoms with E-state index in [2.05, 4.69) is 31.2 Å². The fourth-order valence-electron chi connectivity index (χ4n) is 2.29. The number of aromatic nitrogens is 3. The lowest BCUT2D eigenvalue weighted by Crippen LogP contribution is -2.19. The van der Waals surface area contributed by atoms with Crippen LogP contribution in [0.15, 0.2) is 30.9 Å². The predicted octanol–water partition coefficient (Wildman–Crippen LogP) is 1.11. The molecule has 0 radical (unpaired) electrons. The highest BCUT2D eigenvalue weighted by Gasteiger charge is 2.22. The van der Waals surface area contributed by atoms with E-state index >= 15 is 0 Å². The van der Waals surface area contributed by atoms with Gasteiger partial charge in [-0.2, -0.15) is 0 Å². The fourth-order valence-corrected chi connectivity index (χ4v) is 2.29. The molecule has 0 amide bonds. The molecule has 0 aromatic carbocycles. The molecule has 5 heteroatoms. The quantitative estimate of drug-likeness (QED) is 0.872. The Kier molecular flexibility index (Phi) is 2.90. The molecule has 0 saturated carbocycles. The summed E-state index contributed by atoms with van der Waals surface area (Å²) < 4.78 is 0. The molecule has 0 unspecified atom stereocenters. The van der Waals surface area contributed by atoms with Gasteiger partial charge >= 0.3 is 0 Å². The van der Waals surface area contributed by atoms with Gasteiger partial charge in [-0.25, -0.2) is 15.0 Å². The third-order valence-corrected chi connectivity index (χ3v) is 3.12. The standard InChI is InChI=1S/C13H15N5/c1-14-5-10-3-2-4-16-13(10)18-7-11-6-15-9-17-12(11)8-18/h2-4,6,9,14H,5,7-8H2,1H3. The van der Waals surface area contributed by atoms with Gasteiger partial charge in [0.05, 0.1) is 12.2 Å². The number of fused-ring (bicyclic) bond motifs is 1. The van der Waals surface area contributed by atoms with Crippen LogP contribution in [0.3, 0.4) is 0 Å². The lowest BCUT2D eigenvalue weighted by Gasteiger charge is -2.19. The summed E-state index contributed by atoms with van der Waals surface area (Å²) in [6, 6.07) is 4.08. The Morgan fingerprint density at radius 2 is 2.28 bits per heavy atom. The second-order valence-corrected chi connectivity index (χ2v) is 4.37. The van der Waals surface area contributed by atoms with Crippen LogP contribution < -0.4 is 10.2 Å². The molecule has 2 aromatic heterocycles. The number of anilines is 1. The van der Waals surface area contributed by atoms with Gasteiger partial charge in [0.25, 0.3) is 0 Å². The summed E-state index contributed by atoms with van der Waals surface area (Å²) in [6.07, 6.45) is 5.33. The van der Waals surface area contributed by atoms with Gasteiger partial charge in [0.15, 0.2) is 0 Å². The van der Waals surface area contributed by atoms with Crippen molar-refractivity contribution in [1.82, 2.24) is 20.3 Å². The van der Waals surface area contributed by atoms with Crippen molar-refractivity contribution in [2.45, 2.75) is 19.6 Å².